The molecule has 1 aromatic rings. The maximum atomic E-state index is 5.54. The monoisotopic (exact) mass is 259 g/mol. The van der Waals surface area contributed by atoms with E-state index in [-0.39, 0.29) is 0 Å². The second-order valence-corrected chi connectivity index (χ2v) is 6.16. The molecule has 0 spiro atoms. The van der Waals surface area contributed by atoms with Crippen molar-refractivity contribution in [2.45, 2.75) is 39.0 Å². The van der Waals surface area contributed by atoms with E-state index in [9.17, 15) is 0 Å². The zero-order chi connectivity index (χ0) is 13.1. The van der Waals surface area contributed by atoms with Gasteiger partial charge in [0.15, 0.2) is 0 Å². The topological polar surface area (TPSA) is 21.3 Å². The summed E-state index contributed by atoms with van der Waals surface area (Å²) >= 11 is 0. The summed E-state index contributed by atoms with van der Waals surface area (Å²) in [5, 5.41) is 3.64. The molecular weight excluding hydrogens is 234 g/mol. The van der Waals surface area contributed by atoms with Crippen molar-refractivity contribution in [3.05, 3.63) is 29.3 Å². The number of nitrogens with one attached hydrogen (secondary N) is 1. The van der Waals surface area contributed by atoms with Crippen LogP contribution in [0.5, 0.6) is 5.75 Å². The normalized spacial score (nSPS) is 25.3. The third-order valence-electron chi connectivity index (χ3n) is 4.79. The highest BCUT2D eigenvalue weighted by Gasteiger charge is 2.22. The number of ether oxygens (including phenoxy) is 1. The molecule has 0 bridgehead atoms. The van der Waals surface area contributed by atoms with Crippen molar-refractivity contribution in [3.63, 3.8) is 0 Å². The van der Waals surface area contributed by atoms with Crippen LogP contribution in [-0.4, -0.2) is 19.7 Å². The fourth-order valence-corrected chi connectivity index (χ4v) is 3.44. The van der Waals surface area contributed by atoms with Gasteiger partial charge in [-0.15, -0.1) is 0 Å². The van der Waals surface area contributed by atoms with E-state index >= 15 is 0 Å². The highest BCUT2D eigenvalue weighted by molar-refractivity contribution is 5.39. The Morgan fingerprint density at radius 1 is 1.32 bits per heavy atom. The summed E-state index contributed by atoms with van der Waals surface area (Å²) in [5.74, 6) is 2.93. The number of hydrogen-bond donors (Lipinski definition) is 1. The summed E-state index contributed by atoms with van der Waals surface area (Å²) in [7, 11) is 0. The Balaban J connectivity index is 1.42. The Morgan fingerprint density at radius 3 is 3.11 bits per heavy atom. The van der Waals surface area contributed by atoms with E-state index in [0.29, 0.717) is 0 Å². The first-order valence-corrected chi connectivity index (χ1v) is 7.78. The van der Waals surface area contributed by atoms with Gasteiger partial charge >= 0.3 is 0 Å². The summed E-state index contributed by atoms with van der Waals surface area (Å²) in [4.78, 5) is 0. The van der Waals surface area contributed by atoms with E-state index in [1.165, 1.54) is 36.9 Å². The zero-order valence-corrected chi connectivity index (χ0v) is 12.0. The standard InChI is InChI=1S/C17H25NO/c1-13-3-2-4-16(13)12-18-9-7-14-5-6-17-15(11-14)8-10-19-17/h5-6,11,13,16,18H,2-4,7-10,12H2,1H3. The van der Waals surface area contributed by atoms with Crippen LogP contribution in [0, 0.1) is 11.8 Å². The van der Waals surface area contributed by atoms with E-state index < -0.39 is 0 Å². The summed E-state index contributed by atoms with van der Waals surface area (Å²) in [6.07, 6.45) is 6.49. The van der Waals surface area contributed by atoms with Crippen molar-refractivity contribution >= 4 is 0 Å². The molecule has 2 heteroatoms. The number of fused-ring (bicyclic) bond motifs is 1. The Bertz CT molecular complexity index is 429. The molecule has 1 fully saturated rings. The molecule has 1 saturated carbocycles. The predicted molar refractivity (Wildman–Crippen MR) is 78.7 cm³/mol. The van der Waals surface area contributed by atoms with Gasteiger partial charge in [-0.1, -0.05) is 31.9 Å². The minimum atomic E-state index is 0.858. The van der Waals surface area contributed by atoms with E-state index in [1.807, 2.05) is 0 Å². The molecule has 1 N–H and O–H groups in total. The van der Waals surface area contributed by atoms with Gasteiger partial charge in [0.2, 0.25) is 0 Å². The Morgan fingerprint density at radius 2 is 2.26 bits per heavy atom. The molecule has 2 aliphatic rings. The van der Waals surface area contributed by atoms with Gasteiger partial charge in [0.05, 0.1) is 6.61 Å². The maximum Gasteiger partial charge on any atom is 0.122 e. The molecule has 0 radical (unpaired) electrons. The Hall–Kier alpha value is -1.02. The Kier molecular flexibility index (Phi) is 4.07. The van der Waals surface area contributed by atoms with Crippen molar-refractivity contribution in [1.82, 2.24) is 5.32 Å². The molecule has 1 aromatic carbocycles. The van der Waals surface area contributed by atoms with Gasteiger partial charge in [-0.2, -0.15) is 0 Å². The third-order valence-corrected chi connectivity index (χ3v) is 4.79. The molecular formula is C17H25NO. The first kappa shape index (κ1) is 13.0. The maximum absolute atomic E-state index is 5.54. The lowest BCUT2D eigenvalue weighted by molar-refractivity contribution is 0.357. The van der Waals surface area contributed by atoms with Crippen LogP contribution >= 0.6 is 0 Å². The smallest absolute Gasteiger partial charge is 0.122 e. The van der Waals surface area contributed by atoms with Crippen LogP contribution in [0.15, 0.2) is 18.2 Å². The minimum Gasteiger partial charge on any atom is -0.493 e. The van der Waals surface area contributed by atoms with Crippen LogP contribution < -0.4 is 10.1 Å². The molecule has 2 nitrogen and oxygen atoms in total. The average molecular weight is 259 g/mol. The quantitative estimate of drug-likeness (QED) is 0.820. The average Bonchev–Trinajstić information content (AvgIpc) is 3.03. The molecule has 0 amide bonds. The lowest BCUT2D eigenvalue weighted by atomic mass is 9.98. The lowest BCUT2D eigenvalue weighted by Crippen LogP contribution is -2.26. The van der Waals surface area contributed by atoms with E-state index in [2.05, 4.69) is 30.4 Å². The third kappa shape index (κ3) is 3.11. The van der Waals surface area contributed by atoms with Crippen LogP contribution in [0.3, 0.4) is 0 Å². The van der Waals surface area contributed by atoms with Gasteiger partial charge in [-0.05, 0) is 55.0 Å². The number of hydrogen-bond acceptors (Lipinski definition) is 2. The van der Waals surface area contributed by atoms with Crippen LogP contribution in [0.1, 0.15) is 37.3 Å². The van der Waals surface area contributed by atoms with Crippen LogP contribution in [0.4, 0.5) is 0 Å². The van der Waals surface area contributed by atoms with Gasteiger partial charge in [-0.25, -0.2) is 0 Å². The fraction of sp³-hybridized carbons (Fsp3) is 0.647. The Labute approximate surface area is 116 Å². The second kappa shape index (κ2) is 5.96. The first-order chi connectivity index (χ1) is 9.33. The van der Waals surface area contributed by atoms with Gasteiger partial charge in [0.25, 0.3) is 0 Å². The molecule has 0 aromatic heterocycles. The predicted octanol–water partition coefficient (Wildman–Crippen LogP) is 3.19. The van der Waals surface area contributed by atoms with Crippen molar-refractivity contribution in [2.24, 2.45) is 11.8 Å². The first-order valence-electron chi connectivity index (χ1n) is 7.78. The molecule has 1 aliphatic carbocycles. The summed E-state index contributed by atoms with van der Waals surface area (Å²) in [6, 6.07) is 6.67. The molecule has 1 aliphatic heterocycles. The second-order valence-electron chi connectivity index (χ2n) is 6.16. The van der Waals surface area contributed by atoms with E-state index in [0.717, 1.165) is 43.6 Å². The van der Waals surface area contributed by atoms with Gasteiger partial charge in [-0.3, -0.25) is 0 Å². The largest absolute Gasteiger partial charge is 0.493 e. The minimum absolute atomic E-state index is 0.858. The van der Waals surface area contributed by atoms with Crippen molar-refractivity contribution in [2.75, 3.05) is 19.7 Å². The molecule has 104 valence electrons. The summed E-state index contributed by atoms with van der Waals surface area (Å²) < 4.78 is 5.54. The molecule has 2 atom stereocenters. The summed E-state index contributed by atoms with van der Waals surface area (Å²) in [5.41, 5.74) is 2.83. The zero-order valence-electron chi connectivity index (χ0n) is 12.0. The van der Waals surface area contributed by atoms with E-state index in [1.54, 1.807) is 0 Å². The number of rotatable bonds is 5. The van der Waals surface area contributed by atoms with Crippen LogP contribution in [-0.2, 0) is 12.8 Å². The van der Waals surface area contributed by atoms with Crippen molar-refractivity contribution in [1.29, 1.82) is 0 Å². The SMILES string of the molecule is CC1CCCC1CNCCc1ccc2c(c1)CCO2. The van der Waals surface area contributed by atoms with Crippen molar-refractivity contribution in [3.8, 4) is 5.75 Å². The van der Waals surface area contributed by atoms with E-state index in [4.69, 9.17) is 4.74 Å². The van der Waals surface area contributed by atoms with Gasteiger partial charge in [0, 0.05) is 6.42 Å². The van der Waals surface area contributed by atoms with Gasteiger partial charge in [0.1, 0.15) is 5.75 Å². The van der Waals surface area contributed by atoms with Crippen LogP contribution in [0.25, 0.3) is 0 Å². The number of benzene rings is 1. The van der Waals surface area contributed by atoms with Crippen LogP contribution in [0.2, 0.25) is 0 Å². The lowest BCUT2D eigenvalue weighted by Gasteiger charge is -2.15. The molecule has 0 saturated heterocycles. The molecule has 3 rings (SSSR count). The highest BCUT2D eigenvalue weighted by atomic mass is 16.5. The van der Waals surface area contributed by atoms with Crippen molar-refractivity contribution < 1.29 is 4.74 Å². The molecule has 19 heavy (non-hydrogen) atoms. The molecule has 1 heterocycles. The highest BCUT2D eigenvalue weighted by Crippen LogP contribution is 2.30. The summed E-state index contributed by atoms with van der Waals surface area (Å²) in [6.45, 7) is 5.56. The fourth-order valence-electron chi connectivity index (χ4n) is 3.44. The van der Waals surface area contributed by atoms with Gasteiger partial charge < -0.3 is 10.1 Å². The molecule has 2 unspecified atom stereocenters.